The molecule has 12 heavy (non-hydrogen) atoms. The third-order valence-corrected chi connectivity index (χ3v) is 1.92. The van der Waals surface area contributed by atoms with Crippen LogP contribution >= 0.6 is 0 Å². The molecule has 1 atom stereocenters. The van der Waals surface area contributed by atoms with Crippen molar-refractivity contribution in [1.29, 1.82) is 0 Å². The van der Waals surface area contributed by atoms with Crippen LogP contribution in [0.4, 0.5) is 0 Å². The topological polar surface area (TPSA) is 46.5 Å². The summed E-state index contributed by atoms with van der Waals surface area (Å²) in [4.78, 5) is 10.8. The minimum absolute atomic E-state index is 0.451. The molecule has 0 amide bonds. The number of carboxylic acid groups (broad SMARTS) is 1. The Balaban J connectivity index is 4.08. The van der Waals surface area contributed by atoms with Crippen molar-refractivity contribution in [2.45, 2.75) is 45.6 Å². The first-order chi connectivity index (χ1) is 5.56. The molecule has 0 aromatic carbocycles. The van der Waals surface area contributed by atoms with Crippen molar-refractivity contribution < 1.29 is 14.6 Å². The fourth-order valence-corrected chi connectivity index (χ4v) is 1.07. The first-order valence-electron chi connectivity index (χ1n) is 4.44. The fourth-order valence-electron chi connectivity index (χ4n) is 1.07. The highest BCUT2D eigenvalue weighted by Crippen LogP contribution is 2.18. The van der Waals surface area contributed by atoms with Gasteiger partial charge in [-0.1, -0.05) is 19.8 Å². The number of hydrogen-bond acceptors (Lipinski definition) is 2. The van der Waals surface area contributed by atoms with Crippen LogP contribution < -0.4 is 0 Å². The quantitative estimate of drug-likeness (QED) is 0.670. The lowest BCUT2D eigenvalue weighted by molar-refractivity contribution is -0.164. The predicted octanol–water partition coefficient (Wildman–Crippen LogP) is 2.06. The van der Waals surface area contributed by atoms with Gasteiger partial charge in [0.15, 0.2) is 5.60 Å². The smallest absolute Gasteiger partial charge is 0.335 e. The molecule has 3 nitrogen and oxygen atoms in total. The van der Waals surface area contributed by atoms with E-state index in [-0.39, 0.29) is 0 Å². The summed E-state index contributed by atoms with van der Waals surface area (Å²) in [7, 11) is 0. The number of aliphatic carboxylic acids is 1. The van der Waals surface area contributed by atoms with Gasteiger partial charge in [0.2, 0.25) is 0 Å². The van der Waals surface area contributed by atoms with Crippen LogP contribution in [0, 0.1) is 0 Å². The van der Waals surface area contributed by atoms with Crippen LogP contribution in [-0.2, 0) is 9.53 Å². The van der Waals surface area contributed by atoms with Crippen molar-refractivity contribution in [3.8, 4) is 0 Å². The van der Waals surface area contributed by atoms with Crippen LogP contribution in [0.3, 0.4) is 0 Å². The monoisotopic (exact) mass is 174 g/mol. The molecular weight excluding hydrogens is 156 g/mol. The van der Waals surface area contributed by atoms with Crippen LogP contribution in [0.25, 0.3) is 0 Å². The molecule has 0 heterocycles. The zero-order valence-electron chi connectivity index (χ0n) is 8.09. The minimum Gasteiger partial charge on any atom is -0.479 e. The molecule has 0 bridgehead atoms. The maximum Gasteiger partial charge on any atom is 0.335 e. The molecule has 0 radical (unpaired) electrons. The summed E-state index contributed by atoms with van der Waals surface area (Å²) < 4.78 is 5.19. The highest BCUT2D eigenvalue weighted by Gasteiger charge is 2.32. The van der Waals surface area contributed by atoms with Crippen LogP contribution in [0.15, 0.2) is 0 Å². The molecule has 0 rings (SSSR count). The van der Waals surface area contributed by atoms with Crippen molar-refractivity contribution >= 4 is 5.97 Å². The van der Waals surface area contributed by atoms with Crippen molar-refractivity contribution in [2.75, 3.05) is 6.61 Å². The molecule has 3 heteroatoms. The average molecular weight is 174 g/mol. The normalized spacial score (nSPS) is 15.6. The summed E-state index contributed by atoms with van der Waals surface area (Å²) in [5.41, 5.74) is -0.981. The van der Waals surface area contributed by atoms with Gasteiger partial charge >= 0.3 is 5.97 Å². The van der Waals surface area contributed by atoms with Crippen LogP contribution in [0.1, 0.15) is 40.0 Å². The SMILES string of the molecule is CCCCC(C)(OCC)C(=O)O. The van der Waals surface area contributed by atoms with E-state index in [1.165, 1.54) is 0 Å². The van der Waals surface area contributed by atoms with E-state index >= 15 is 0 Å². The van der Waals surface area contributed by atoms with E-state index in [9.17, 15) is 4.79 Å². The van der Waals surface area contributed by atoms with E-state index in [0.717, 1.165) is 12.8 Å². The van der Waals surface area contributed by atoms with E-state index < -0.39 is 11.6 Å². The second-order valence-electron chi connectivity index (χ2n) is 3.07. The molecule has 1 unspecified atom stereocenters. The summed E-state index contributed by atoms with van der Waals surface area (Å²) in [6, 6.07) is 0. The molecule has 0 aliphatic rings. The summed E-state index contributed by atoms with van der Waals surface area (Å²) in [6.07, 6.45) is 2.48. The lowest BCUT2D eigenvalue weighted by Crippen LogP contribution is -2.38. The highest BCUT2D eigenvalue weighted by molar-refractivity contribution is 5.76. The summed E-state index contributed by atoms with van der Waals surface area (Å²) in [6.45, 7) is 5.93. The van der Waals surface area contributed by atoms with Crippen LogP contribution in [-0.4, -0.2) is 23.3 Å². The lowest BCUT2D eigenvalue weighted by atomic mass is 9.99. The second kappa shape index (κ2) is 5.14. The molecule has 0 spiro atoms. The molecule has 0 aromatic rings. The van der Waals surface area contributed by atoms with E-state index in [2.05, 4.69) is 0 Å². The lowest BCUT2D eigenvalue weighted by Gasteiger charge is -2.24. The van der Waals surface area contributed by atoms with Gasteiger partial charge in [0.05, 0.1) is 0 Å². The Labute approximate surface area is 73.7 Å². The largest absolute Gasteiger partial charge is 0.479 e. The Morgan fingerprint density at radius 1 is 1.50 bits per heavy atom. The third-order valence-electron chi connectivity index (χ3n) is 1.92. The van der Waals surface area contributed by atoms with Gasteiger partial charge in [0.25, 0.3) is 0 Å². The molecule has 0 saturated heterocycles. The average Bonchev–Trinajstić information content (AvgIpc) is 2.01. The Hall–Kier alpha value is -0.570. The maximum atomic E-state index is 10.8. The van der Waals surface area contributed by atoms with Gasteiger partial charge in [-0.3, -0.25) is 0 Å². The molecule has 72 valence electrons. The van der Waals surface area contributed by atoms with Crippen LogP contribution in [0.2, 0.25) is 0 Å². The first-order valence-corrected chi connectivity index (χ1v) is 4.44. The Kier molecular flexibility index (Phi) is 4.90. The van der Waals surface area contributed by atoms with Gasteiger partial charge in [-0.15, -0.1) is 0 Å². The minimum atomic E-state index is -0.981. The van der Waals surface area contributed by atoms with E-state index in [0.29, 0.717) is 13.0 Å². The van der Waals surface area contributed by atoms with Crippen LogP contribution in [0.5, 0.6) is 0 Å². The summed E-state index contributed by atoms with van der Waals surface area (Å²) in [5.74, 6) is -0.863. The third kappa shape index (κ3) is 3.22. The van der Waals surface area contributed by atoms with Gasteiger partial charge in [0.1, 0.15) is 0 Å². The molecule has 0 saturated carbocycles. The molecular formula is C9H18O3. The molecule has 1 N–H and O–H groups in total. The van der Waals surface area contributed by atoms with Gasteiger partial charge in [-0.25, -0.2) is 4.79 Å². The molecule has 0 aromatic heterocycles. The maximum absolute atomic E-state index is 10.8. The van der Waals surface area contributed by atoms with Crippen molar-refractivity contribution in [2.24, 2.45) is 0 Å². The Bertz CT molecular complexity index is 145. The Morgan fingerprint density at radius 2 is 2.08 bits per heavy atom. The van der Waals surface area contributed by atoms with Gasteiger partial charge in [0, 0.05) is 6.61 Å². The van der Waals surface area contributed by atoms with Gasteiger partial charge in [-0.2, -0.15) is 0 Å². The van der Waals surface area contributed by atoms with Gasteiger partial charge in [-0.05, 0) is 20.3 Å². The summed E-state index contributed by atoms with van der Waals surface area (Å²) in [5, 5.41) is 8.87. The number of rotatable bonds is 6. The number of hydrogen-bond donors (Lipinski definition) is 1. The Morgan fingerprint density at radius 3 is 2.42 bits per heavy atom. The second-order valence-corrected chi connectivity index (χ2v) is 3.07. The highest BCUT2D eigenvalue weighted by atomic mass is 16.5. The number of unbranched alkanes of at least 4 members (excludes halogenated alkanes) is 1. The predicted molar refractivity (Wildman–Crippen MR) is 47.2 cm³/mol. The standard InChI is InChI=1S/C9H18O3/c1-4-6-7-9(3,8(10)11)12-5-2/h4-7H2,1-3H3,(H,10,11). The molecule has 0 fully saturated rings. The van der Waals surface area contributed by atoms with Crippen molar-refractivity contribution in [3.63, 3.8) is 0 Å². The zero-order valence-corrected chi connectivity index (χ0v) is 8.09. The zero-order chi connectivity index (χ0) is 9.61. The number of carboxylic acids is 1. The number of ether oxygens (including phenoxy) is 1. The van der Waals surface area contributed by atoms with E-state index in [1.807, 2.05) is 13.8 Å². The fraction of sp³-hybridized carbons (Fsp3) is 0.889. The van der Waals surface area contributed by atoms with E-state index in [4.69, 9.17) is 9.84 Å². The summed E-state index contributed by atoms with van der Waals surface area (Å²) >= 11 is 0. The van der Waals surface area contributed by atoms with Crippen molar-refractivity contribution in [1.82, 2.24) is 0 Å². The number of carbonyl (C=O) groups is 1. The van der Waals surface area contributed by atoms with Gasteiger partial charge < -0.3 is 9.84 Å². The molecule has 0 aliphatic heterocycles. The van der Waals surface area contributed by atoms with E-state index in [1.54, 1.807) is 6.92 Å². The van der Waals surface area contributed by atoms with Crippen molar-refractivity contribution in [3.05, 3.63) is 0 Å². The molecule has 0 aliphatic carbocycles. The first kappa shape index (κ1) is 11.4.